The number of halogens is 2. The zero-order valence-electron chi connectivity index (χ0n) is 18.1. The first-order valence-electron chi connectivity index (χ1n) is 11.2. The van der Waals surface area contributed by atoms with Crippen LogP contribution in [0.25, 0.3) is 0 Å². The Kier molecular flexibility index (Phi) is 5.97. The molecule has 2 aliphatic heterocycles. The van der Waals surface area contributed by atoms with E-state index in [-0.39, 0.29) is 24.2 Å². The van der Waals surface area contributed by atoms with E-state index in [1.807, 2.05) is 21.9 Å². The quantitative estimate of drug-likeness (QED) is 0.712. The van der Waals surface area contributed by atoms with Crippen molar-refractivity contribution in [3.05, 3.63) is 47.5 Å². The molecule has 33 heavy (non-hydrogen) atoms. The topological polar surface area (TPSA) is 71.5 Å². The van der Waals surface area contributed by atoms with Gasteiger partial charge in [0.2, 0.25) is 5.91 Å². The smallest absolute Gasteiger partial charge is 0.387 e. The highest BCUT2D eigenvalue weighted by atomic mass is 19.3. The Morgan fingerprint density at radius 2 is 1.85 bits per heavy atom. The van der Waals surface area contributed by atoms with Gasteiger partial charge in [-0.2, -0.15) is 8.78 Å². The van der Waals surface area contributed by atoms with Crippen molar-refractivity contribution >= 4 is 11.6 Å². The van der Waals surface area contributed by atoms with Crippen molar-refractivity contribution < 1.29 is 32.9 Å². The lowest BCUT2D eigenvalue weighted by Gasteiger charge is -2.36. The van der Waals surface area contributed by atoms with Crippen molar-refractivity contribution in [2.45, 2.75) is 44.6 Å². The van der Waals surface area contributed by atoms with E-state index in [1.165, 1.54) is 12.1 Å². The van der Waals surface area contributed by atoms with Gasteiger partial charge >= 0.3 is 6.61 Å². The molecule has 1 atom stereocenters. The molecular weight excluding hydrogens is 434 g/mol. The lowest BCUT2D eigenvalue weighted by Crippen LogP contribution is -2.40. The third kappa shape index (κ3) is 4.68. The number of benzene rings is 2. The highest BCUT2D eigenvalue weighted by Gasteiger charge is 2.36. The summed E-state index contributed by atoms with van der Waals surface area (Å²) in [6.45, 7) is -0.863. The Bertz CT molecular complexity index is 1010. The summed E-state index contributed by atoms with van der Waals surface area (Å²) in [6, 6.07) is 10.0. The molecule has 7 nitrogen and oxygen atoms in total. The van der Waals surface area contributed by atoms with Gasteiger partial charge in [-0.05, 0) is 42.7 Å². The minimum atomic E-state index is -2.90. The van der Waals surface area contributed by atoms with Gasteiger partial charge in [-0.3, -0.25) is 4.79 Å². The van der Waals surface area contributed by atoms with Crippen LogP contribution in [-0.2, 0) is 11.3 Å². The normalized spacial score (nSPS) is 19.1. The molecule has 1 saturated carbocycles. The maximum atomic E-state index is 12.9. The molecule has 1 unspecified atom stereocenters. The summed E-state index contributed by atoms with van der Waals surface area (Å²) in [5, 5.41) is 10.9. The summed E-state index contributed by atoms with van der Waals surface area (Å²) in [7, 11) is 0. The van der Waals surface area contributed by atoms with E-state index in [2.05, 4.69) is 4.74 Å². The maximum Gasteiger partial charge on any atom is 0.387 e. The van der Waals surface area contributed by atoms with Crippen molar-refractivity contribution in [2.24, 2.45) is 0 Å². The van der Waals surface area contributed by atoms with Crippen LogP contribution in [0.15, 0.2) is 36.4 Å². The SMILES string of the molecule is O=C1CCN(CC(O)c2ccc(OC(F)F)cc2)c2ccc3c(c2CN1C1CC1)OCCO3. The first-order valence-corrected chi connectivity index (χ1v) is 11.2. The Balaban J connectivity index is 1.42. The lowest BCUT2D eigenvalue weighted by atomic mass is 10.0. The fourth-order valence-corrected chi connectivity index (χ4v) is 4.46. The van der Waals surface area contributed by atoms with Crippen LogP contribution >= 0.6 is 0 Å². The minimum Gasteiger partial charge on any atom is -0.486 e. The molecule has 0 bridgehead atoms. The van der Waals surface area contributed by atoms with Gasteiger partial charge in [0.25, 0.3) is 0 Å². The third-order valence-electron chi connectivity index (χ3n) is 6.24. The van der Waals surface area contributed by atoms with Crippen LogP contribution in [0, 0.1) is 0 Å². The van der Waals surface area contributed by atoms with Crippen LogP contribution in [0.2, 0.25) is 0 Å². The second kappa shape index (κ2) is 9.05. The zero-order valence-corrected chi connectivity index (χ0v) is 18.1. The number of rotatable bonds is 6. The first-order chi connectivity index (χ1) is 16.0. The Morgan fingerprint density at radius 3 is 2.58 bits per heavy atom. The van der Waals surface area contributed by atoms with Gasteiger partial charge in [-0.15, -0.1) is 0 Å². The number of fused-ring (bicyclic) bond motifs is 3. The maximum absolute atomic E-state index is 12.9. The average Bonchev–Trinajstić information content (AvgIpc) is 3.64. The third-order valence-corrected chi connectivity index (χ3v) is 6.24. The number of nitrogens with zero attached hydrogens (tertiary/aromatic N) is 2. The molecule has 0 radical (unpaired) electrons. The molecule has 2 aromatic rings. The van der Waals surface area contributed by atoms with Crippen molar-refractivity contribution in [3.63, 3.8) is 0 Å². The van der Waals surface area contributed by atoms with E-state index in [0.29, 0.717) is 49.8 Å². The number of carbonyl (C=O) groups excluding carboxylic acids is 1. The molecule has 1 fully saturated rings. The molecule has 5 rings (SSSR count). The van der Waals surface area contributed by atoms with Crippen LogP contribution in [0.4, 0.5) is 14.5 Å². The van der Waals surface area contributed by atoms with E-state index in [1.54, 1.807) is 12.1 Å². The Labute approximate surface area is 190 Å². The largest absolute Gasteiger partial charge is 0.486 e. The van der Waals surface area contributed by atoms with Crippen molar-refractivity contribution in [1.29, 1.82) is 0 Å². The number of hydrogen-bond acceptors (Lipinski definition) is 6. The van der Waals surface area contributed by atoms with Gasteiger partial charge in [-0.25, -0.2) is 0 Å². The number of aliphatic hydroxyl groups excluding tert-OH is 1. The molecule has 2 heterocycles. The fraction of sp³-hybridized carbons (Fsp3) is 0.458. The molecule has 9 heteroatoms. The lowest BCUT2D eigenvalue weighted by molar-refractivity contribution is -0.132. The summed E-state index contributed by atoms with van der Waals surface area (Å²) < 4.78 is 40.9. The molecule has 176 valence electrons. The van der Waals surface area contributed by atoms with Crippen LogP contribution < -0.4 is 19.1 Å². The number of amides is 1. The highest BCUT2D eigenvalue weighted by molar-refractivity contribution is 5.79. The predicted octanol–water partition coefficient (Wildman–Crippen LogP) is 3.49. The second-order valence-electron chi connectivity index (χ2n) is 8.50. The van der Waals surface area contributed by atoms with E-state index in [9.17, 15) is 18.7 Å². The highest BCUT2D eigenvalue weighted by Crippen LogP contribution is 2.43. The van der Waals surface area contributed by atoms with E-state index in [0.717, 1.165) is 24.1 Å². The number of ether oxygens (including phenoxy) is 3. The van der Waals surface area contributed by atoms with Gasteiger partial charge in [0, 0.05) is 36.8 Å². The number of aliphatic hydroxyl groups is 1. The monoisotopic (exact) mass is 460 g/mol. The summed E-state index contributed by atoms with van der Waals surface area (Å²) in [5.41, 5.74) is 2.36. The summed E-state index contributed by atoms with van der Waals surface area (Å²) >= 11 is 0. The molecule has 2 aromatic carbocycles. The average molecular weight is 460 g/mol. The molecule has 1 amide bonds. The number of anilines is 1. The van der Waals surface area contributed by atoms with Gasteiger partial charge in [0.05, 0.1) is 12.6 Å². The van der Waals surface area contributed by atoms with E-state index in [4.69, 9.17) is 9.47 Å². The molecule has 1 N–H and O–H groups in total. The van der Waals surface area contributed by atoms with Gasteiger partial charge in [0.1, 0.15) is 19.0 Å². The van der Waals surface area contributed by atoms with Crippen LogP contribution in [0.1, 0.15) is 36.5 Å². The first kappa shape index (κ1) is 21.8. The standard InChI is InChI=1S/C24H26F2N2O5/c25-24(26)33-17-5-1-15(2-6-17)20(29)14-27-10-9-22(30)28(16-3-4-16)13-18-19(27)7-8-21-23(18)32-12-11-31-21/h1-2,5-8,16,20,24,29H,3-4,9-14H2. The van der Waals surface area contributed by atoms with Crippen LogP contribution in [0.5, 0.6) is 17.2 Å². The van der Waals surface area contributed by atoms with Gasteiger partial charge in [0.15, 0.2) is 11.5 Å². The number of carbonyl (C=O) groups is 1. The Hall–Kier alpha value is -3.07. The molecule has 0 aromatic heterocycles. The Morgan fingerprint density at radius 1 is 1.09 bits per heavy atom. The molecule has 3 aliphatic rings. The number of alkyl halides is 2. The van der Waals surface area contributed by atoms with Crippen molar-refractivity contribution in [2.75, 3.05) is 31.2 Å². The fourth-order valence-electron chi connectivity index (χ4n) is 4.46. The second-order valence-corrected chi connectivity index (χ2v) is 8.50. The minimum absolute atomic E-state index is 0.0343. The number of hydrogen-bond donors (Lipinski definition) is 1. The molecule has 1 aliphatic carbocycles. The summed E-state index contributed by atoms with van der Waals surface area (Å²) in [5.74, 6) is 1.45. The van der Waals surface area contributed by atoms with Crippen LogP contribution in [0.3, 0.4) is 0 Å². The predicted molar refractivity (Wildman–Crippen MR) is 116 cm³/mol. The van der Waals surface area contributed by atoms with E-state index >= 15 is 0 Å². The summed E-state index contributed by atoms with van der Waals surface area (Å²) in [4.78, 5) is 16.9. The van der Waals surface area contributed by atoms with Crippen LogP contribution in [-0.4, -0.2) is 54.9 Å². The zero-order chi connectivity index (χ0) is 22.9. The molecule has 0 saturated heterocycles. The number of β-amino-alcohol motifs (C(OH)–C–C–N with tert-alkyl or cyclic N) is 1. The van der Waals surface area contributed by atoms with Gasteiger partial charge in [-0.1, -0.05) is 12.1 Å². The van der Waals surface area contributed by atoms with E-state index < -0.39 is 12.7 Å². The summed E-state index contributed by atoms with van der Waals surface area (Å²) in [6.07, 6.45) is 1.49. The van der Waals surface area contributed by atoms with Crippen molar-refractivity contribution in [3.8, 4) is 17.2 Å². The molecule has 0 spiro atoms. The molecular formula is C24H26F2N2O5. The van der Waals surface area contributed by atoms with Crippen molar-refractivity contribution in [1.82, 2.24) is 4.90 Å². The van der Waals surface area contributed by atoms with Gasteiger partial charge < -0.3 is 29.1 Å².